The lowest BCUT2D eigenvalue weighted by Crippen LogP contribution is -2.51. The lowest BCUT2D eigenvalue weighted by molar-refractivity contribution is 0.0477. The molecule has 8 nitrogen and oxygen atoms in total. The Bertz CT molecular complexity index is 1080. The molecule has 2 aromatic rings. The average molecular weight is 503 g/mol. The molecule has 0 aliphatic heterocycles. The van der Waals surface area contributed by atoms with Crippen molar-refractivity contribution in [1.29, 1.82) is 0 Å². The van der Waals surface area contributed by atoms with Gasteiger partial charge in [-0.25, -0.2) is 18.0 Å². The molecule has 1 saturated carbocycles. The summed E-state index contributed by atoms with van der Waals surface area (Å²) in [6.07, 6.45) is 0.315. The Morgan fingerprint density at radius 1 is 0.914 bits per heavy atom. The van der Waals surface area contributed by atoms with Gasteiger partial charge >= 0.3 is 12.2 Å². The van der Waals surface area contributed by atoms with Crippen LogP contribution in [0.1, 0.15) is 45.6 Å². The van der Waals surface area contributed by atoms with Crippen LogP contribution in [0.4, 0.5) is 9.59 Å². The predicted octanol–water partition coefficient (Wildman–Crippen LogP) is 4.45. The molecule has 35 heavy (non-hydrogen) atoms. The number of carbonyl (C=O) groups is 2. The van der Waals surface area contributed by atoms with Gasteiger partial charge in [-0.3, -0.25) is 0 Å². The standard InChI is InChI=1S/C26H34N2O6S/c1-26(2,3)34-25(30)27-21-14-15-23(28-24(29)33-17-19-10-6-4-7-11-19)20(16-21)18-35(31,32)22-12-8-5-9-13-22/h4-13,20-21,23H,14-18H2,1-3H3,(H,27,30)(H,28,29)/t20-,21+,23-/m0/s1. The van der Waals surface area contributed by atoms with E-state index in [2.05, 4.69) is 10.6 Å². The summed E-state index contributed by atoms with van der Waals surface area (Å²) in [7, 11) is -3.60. The van der Waals surface area contributed by atoms with E-state index in [1.165, 1.54) is 0 Å². The molecule has 3 atom stereocenters. The van der Waals surface area contributed by atoms with Crippen LogP contribution in [-0.4, -0.2) is 44.0 Å². The number of amides is 2. The Morgan fingerprint density at radius 3 is 2.17 bits per heavy atom. The summed E-state index contributed by atoms with van der Waals surface area (Å²) in [5.74, 6) is -0.578. The number of rotatable bonds is 7. The van der Waals surface area contributed by atoms with Gasteiger partial charge in [0.2, 0.25) is 0 Å². The lowest BCUT2D eigenvalue weighted by Gasteiger charge is -2.36. The molecule has 0 aromatic heterocycles. The van der Waals surface area contributed by atoms with Crippen molar-refractivity contribution < 1.29 is 27.5 Å². The normalized spacial score (nSPS) is 20.5. The third-order valence-corrected chi connectivity index (χ3v) is 7.61. The second-order valence-electron chi connectivity index (χ2n) is 9.82. The summed E-state index contributed by atoms with van der Waals surface area (Å²) in [6.45, 7) is 5.46. The maximum atomic E-state index is 13.1. The molecule has 2 N–H and O–H groups in total. The van der Waals surface area contributed by atoms with E-state index in [4.69, 9.17) is 9.47 Å². The van der Waals surface area contributed by atoms with Gasteiger partial charge < -0.3 is 20.1 Å². The van der Waals surface area contributed by atoms with Crippen molar-refractivity contribution in [2.24, 2.45) is 5.92 Å². The van der Waals surface area contributed by atoms with Gasteiger partial charge in [0, 0.05) is 12.1 Å². The van der Waals surface area contributed by atoms with Crippen LogP contribution in [0.5, 0.6) is 0 Å². The zero-order chi connectivity index (χ0) is 25.5. The van der Waals surface area contributed by atoms with Gasteiger partial charge in [-0.05, 0) is 63.6 Å². The molecule has 0 bridgehead atoms. The fourth-order valence-corrected chi connectivity index (χ4v) is 5.86. The smallest absolute Gasteiger partial charge is 0.407 e. The minimum atomic E-state index is -3.60. The number of carbonyl (C=O) groups excluding carboxylic acids is 2. The number of ether oxygens (including phenoxy) is 2. The average Bonchev–Trinajstić information content (AvgIpc) is 2.79. The largest absolute Gasteiger partial charge is 0.445 e. The van der Waals surface area contributed by atoms with Crippen molar-refractivity contribution in [1.82, 2.24) is 10.6 Å². The van der Waals surface area contributed by atoms with E-state index in [9.17, 15) is 18.0 Å². The molecule has 0 saturated heterocycles. The first kappa shape index (κ1) is 26.5. The minimum Gasteiger partial charge on any atom is -0.445 e. The summed E-state index contributed by atoms with van der Waals surface area (Å²) in [4.78, 5) is 25.0. The van der Waals surface area contributed by atoms with Gasteiger partial charge in [-0.1, -0.05) is 48.5 Å². The van der Waals surface area contributed by atoms with Crippen LogP contribution in [-0.2, 0) is 25.9 Å². The summed E-state index contributed by atoms with van der Waals surface area (Å²) >= 11 is 0. The molecule has 0 heterocycles. The van der Waals surface area contributed by atoms with E-state index in [1.807, 2.05) is 30.3 Å². The monoisotopic (exact) mass is 502 g/mol. The van der Waals surface area contributed by atoms with Crippen molar-refractivity contribution in [2.75, 3.05) is 5.75 Å². The molecule has 190 valence electrons. The molecule has 3 rings (SSSR count). The van der Waals surface area contributed by atoms with Crippen LogP contribution < -0.4 is 10.6 Å². The van der Waals surface area contributed by atoms with Crippen LogP contribution in [0.3, 0.4) is 0 Å². The highest BCUT2D eigenvalue weighted by molar-refractivity contribution is 7.91. The summed E-state index contributed by atoms with van der Waals surface area (Å²) < 4.78 is 36.9. The van der Waals surface area contributed by atoms with Crippen LogP contribution >= 0.6 is 0 Å². The third-order valence-electron chi connectivity index (χ3n) is 5.76. The van der Waals surface area contributed by atoms with Crippen LogP contribution in [0.2, 0.25) is 0 Å². The second-order valence-corrected chi connectivity index (χ2v) is 11.9. The van der Waals surface area contributed by atoms with Gasteiger partial charge in [-0.2, -0.15) is 0 Å². The highest BCUT2D eigenvalue weighted by Crippen LogP contribution is 2.29. The number of benzene rings is 2. The zero-order valence-corrected chi connectivity index (χ0v) is 21.2. The van der Waals surface area contributed by atoms with Crippen molar-refractivity contribution in [2.45, 2.75) is 69.2 Å². The molecule has 0 unspecified atom stereocenters. The fraction of sp³-hybridized carbons (Fsp3) is 0.462. The fourth-order valence-electron chi connectivity index (χ4n) is 4.17. The van der Waals surface area contributed by atoms with Gasteiger partial charge in [-0.15, -0.1) is 0 Å². The molecule has 0 spiro atoms. The number of alkyl carbamates (subject to hydrolysis) is 2. The van der Waals surface area contributed by atoms with Crippen molar-refractivity contribution >= 4 is 22.0 Å². The highest BCUT2D eigenvalue weighted by Gasteiger charge is 2.36. The molecule has 1 aliphatic carbocycles. The molecular formula is C26H34N2O6S. The summed E-state index contributed by atoms with van der Waals surface area (Å²) in [6, 6.07) is 16.9. The Morgan fingerprint density at radius 2 is 1.54 bits per heavy atom. The van der Waals surface area contributed by atoms with Gasteiger partial charge in [0.25, 0.3) is 0 Å². The number of hydrogen-bond acceptors (Lipinski definition) is 6. The molecule has 2 aromatic carbocycles. The SMILES string of the molecule is CC(C)(C)OC(=O)N[C@@H]1CC[C@H](NC(=O)OCc2ccccc2)[C@H](CS(=O)(=O)c2ccccc2)C1. The first-order valence-electron chi connectivity index (χ1n) is 11.8. The molecule has 2 amide bonds. The zero-order valence-electron chi connectivity index (χ0n) is 20.4. The first-order valence-corrected chi connectivity index (χ1v) is 13.4. The Balaban J connectivity index is 1.68. The topological polar surface area (TPSA) is 111 Å². The maximum absolute atomic E-state index is 13.1. The lowest BCUT2D eigenvalue weighted by atomic mass is 9.82. The van der Waals surface area contributed by atoms with E-state index < -0.39 is 39.6 Å². The third kappa shape index (κ3) is 8.58. The Labute approximate surface area is 207 Å². The summed E-state index contributed by atoms with van der Waals surface area (Å²) in [5.41, 5.74) is 0.220. The molecule has 1 fully saturated rings. The van der Waals surface area contributed by atoms with Crippen molar-refractivity contribution in [3.05, 3.63) is 66.2 Å². The quantitative estimate of drug-likeness (QED) is 0.579. The van der Waals surface area contributed by atoms with Gasteiger partial charge in [0.15, 0.2) is 9.84 Å². The van der Waals surface area contributed by atoms with Crippen LogP contribution in [0.25, 0.3) is 0 Å². The Hall–Kier alpha value is -3.07. The first-order chi connectivity index (χ1) is 16.5. The summed E-state index contributed by atoms with van der Waals surface area (Å²) in [5, 5.41) is 5.71. The van der Waals surface area contributed by atoms with Crippen LogP contribution in [0, 0.1) is 5.92 Å². The van der Waals surface area contributed by atoms with E-state index in [1.54, 1.807) is 51.1 Å². The van der Waals surface area contributed by atoms with E-state index in [0.717, 1.165) is 5.56 Å². The maximum Gasteiger partial charge on any atom is 0.407 e. The van der Waals surface area contributed by atoms with Gasteiger partial charge in [0.1, 0.15) is 12.2 Å². The van der Waals surface area contributed by atoms with E-state index in [-0.39, 0.29) is 23.3 Å². The van der Waals surface area contributed by atoms with Crippen molar-refractivity contribution in [3.8, 4) is 0 Å². The van der Waals surface area contributed by atoms with E-state index in [0.29, 0.717) is 19.3 Å². The number of hydrogen-bond donors (Lipinski definition) is 2. The molecule has 1 aliphatic rings. The predicted molar refractivity (Wildman–Crippen MR) is 133 cm³/mol. The van der Waals surface area contributed by atoms with E-state index >= 15 is 0 Å². The molecule has 0 radical (unpaired) electrons. The van der Waals surface area contributed by atoms with Crippen LogP contribution in [0.15, 0.2) is 65.6 Å². The van der Waals surface area contributed by atoms with Crippen molar-refractivity contribution in [3.63, 3.8) is 0 Å². The van der Waals surface area contributed by atoms with Gasteiger partial charge in [0.05, 0.1) is 10.6 Å². The Kier molecular flexibility index (Phi) is 8.77. The highest BCUT2D eigenvalue weighted by atomic mass is 32.2. The minimum absolute atomic E-state index is 0.120. The molecule has 9 heteroatoms. The molecular weight excluding hydrogens is 468 g/mol. The number of nitrogens with one attached hydrogen (secondary N) is 2. The number of sulfone groups is 1. The second kappa shape index (κ2) is 11.6.